The number of fused-ring (bicyclic) bond motifs is 1. The third kappa shape index (κ3) is 3.72. The number of aromatic hydroxyl groups is 1. The Morgan fingerprint density at radius 3 is 2.32 bits per heavy atom. The second kappa shape index (κ2) is 6.57. The molecule has 0 aliphatic carbocycles. The highest BCUT2D eigenvalue weighted by Gasteiger charge is 2.11. The number of hydrazone groups is 1. The van der Waals surface area contributed by atoms with E-state index in [1.807, 2.05) is 12.1 Å². The van der Waals surface area contributed by atoms with Gasteiger partial charge < -0.3 is 15.3 Å². The van der Waals surface area contributed by atoms with Crippen molar-refractivity contribution < 1.29 is 24.9 Å². The number of hydrogen-bond donors (Lipinski definition) is 3. The standard InChI is InChI=1S/C15H14N2O5/c18-13-6-5-10-3-1-2-4-11(10)12(13)7-16-17(8-14(19)20)9-15(21)22/h1-7,18H,8-9H2,(H,19,20)(H,21,22)/b16-7-. The number of phenols is 1. The molecule has 0 unspecified atom stereocenters. The largest absolute Gasteiger partial charge is 0.507 e. The summed E-state index contributed by atoms with van der Waals surface area (Å²) in [5.74, 6) is -2.41. The highest BCUT2D eigenvalue weighted by Crippen LogP contribution is 2.25. The number of carbonyl (C=O) groups is 2. The lowest BCUT2D eigenvalue weighted by molar-refractivity contribution is -0.141. The van der Waals surface area contributed by atoms with Crippen molar-refractivity contribution in [3.63, 3.8) is 0 Å². The van der Waals surface area contributed by atoms with Gasteiger partial charge in [-0.3, -0.25) is 14.6 Å². The first-order chi connectivity index (χ1) is 10.5. The molecular formula is C15H14N2O5. The fraction of sp³-hybridized carbons (Fsp3) is 0.133. The summed E-state index contributed by atoms with van der Waals surface area (Å²) in [5, 5.41) is 33.8. The van der Waals surface area contributed by atoms with Crippen molar-refractivity contribution in [1.82, 2.24) is 5.01 Å². The van der Waals surface area contributed by atoms with Gasteiger partial charge in [0, 0.05) is 5.56 Å². The van der Waals surface area contributed by atoms with E-state index in [1.54, 1.807) is 18.2 Å². The lowest BCUT2D eigenvalue weighted by Crippen LogP contribution is -2.30. The van der Waals surface area contributed by atoms with Crippen molar-refractivity contribution in [2.24, 2.45) is 5.10 Å². The lowest BCUT2D eigenvalue weighted by Gasteiger charge is -2.14. The maximum absolute atomic E-state index is 10.7. The summed E-state index contributed by atoms with van der Waals surface area (Å²) in [5.41, 5.74) is 0.402. The van der Waals surface area contributed by atoms with E-state index in [0.717, 1.165) is 15.8 Å². The van der Waals surface area contributed by atoms with E-state index < -0.39 is 25.0 Å². The van der Waals surface area contributed by atoms with Gasteiger partial charge in [-0.1, -0.05) is 30.3 Å². The summed E-state index contributed by atoms with van der Waals surface area (Å²) in [6.45, 7) is -1.09. The number of aliphatic carboxylic acids is 2. The van der Waals surface area contributed by atoms with Crippen molar-refractivity contribution in [3.05, 3.63) is 42.0 Å². The van der Waals surface area contributed by atoms with Gasteiger partial charge in [-0.25, -0.2) is 0 Å². The van der Waals surface area contributed by atoms with Crippen LogP contribution in [0.3, 0.4) is 0 Å². The third-order valence-corrected chi connectivity index (χ3v) is 2.93. The zero-order valence-electron chi connectivity index (χ0n) is 11.5. The second-order valence-corrected chi connectivity index (χ2v) is 4.57. The van der Waals surface area contributed by atoms with E-state index in [1.165, 1.54) is 12.3 Å². The van der Waals surface area contributed by atoms with Crippen LogP contribution in [0, 0.1) is 0 Å². The Bertz CT molecular complexity index is 726. The van der Waals surface area contributed by atoms with Gasteiger partial charge in [0.2, 0.25) is 0 Å². The molecule has 0 aliphatic heterocycles. The minimum atomic E-state index is -1.19. The summed E-state index contributed by atoms with van der Waals surface area (Å²) < 4.78 is 0. The highest BCUT2D eigenvalue weighted by molar-refractivity contribution is 6.02. The number of hydrogen-bond acceptors (Lipinski definition) is 5. The number of nitrogens with zero attached hydrogens (tertiary/aromatic N) is 2. The molecule has 7 heteroatoms. The average molecular weight is 302 g/mol. The molecule has 0 fully saturated rings. The number of rotatable bonds is 6. The van der Waals surface area contributed by atoms with Crippen molar-refractivity contribution in [1.29, 1.82) is 0 Å². The van der Waals surface area contributed by atoms with Gasteiger partial charge in [0.25, 0.3) is 0 Å². The van der Waals surface area contributed by atoms with Crippen LogP contribution < -0.4 is 0 Å². The van der Waals surface area contributed by atoms with Crippen molar-refractivity contribution >= 4 is 28.9 Å². The second-order valence-electron chi connectivity index (χ2n) is 4.57. The zero-order chi connectivity index (χ0) is 16.1. The zero-order valence-corrected chi connectivity index (χ0v) is 11.5. The molecule has 0 heterocycles. The van der Waals surface area contributed by atoms with E-state index in [0.29, 0.717) is 5.56 Å². The highest BCUT2D eigenvalue weighted by atomic mass is 16.4. The van der Waals surface area contributed by atoms with Gasteiger partial charge in [0.15, 0.2) is 0 Å². The van der Waals surface area contributed by atoms with Gasteiger partial charge in [0.05, 0.1) is 6.21 Å². The Morgan fingerprint density at radius 2 is 1.68 bits per heavy atom. The number of benzene rings is 2. The summed E-state index contributed by atoms with van der Waals surface area (Å²) in [4.78, 5) is 21.4. The monoisotopic (exact) mass is 302 g/mol. The number of phenolic OH excluding ortho intramolecular Hbond substituents is 1. The van der Waals surface area contributed by atoms with Crippen molar-refractivity contribution in [2.45, 2.75) is 0 Å². The summed E-state index contributed by atoms with van der Waals surface area (Å²) in [6.07, 6.45) is 1.27. The molecule has 2 aromatic rings. The van der Waals surface area contributed by atoms with E-state index in [-0.39, 0.29) is 5.75 Å². The molecule has 2 aromatic carbocycles. The predicted molar refractivity (Wildman–Crippen MR) is 80.1 cm³/mol. The molecular weight excluding hydrogens is 288 g/mol. The van der Waals surface area contributed by atoms with E-state index in [4.69, 9.17) is 10.2 Å². The molecule has 114 valence electrons. The van der Waals surface area contributed by atoms with Gasteiger partial charge in [-0.15, -0.1) is 0 Å². The molecule has 3 N–H and O–H groups in total. The van der Waals surface area contributed by atoms with Crippen LogP contribution in [0.2, 0.25) is 0 Å². The van der Waals surface area contributed by atoms with Gasteiger partial charge >= 0.3 is 11.9 Å². The molecule has 22 heavy (non-hydrogen) atoms. The summed E-state index contributed by atoms with van der Waals surface area (Å²) >= 11 is 0. The molecule has 0 aliphatic rings. The molecule has 7 nitrogen and oxygen atoms in total. The first kappa shape index (κ1) is 15.3. The van der Waals surface area contributed by atoms with Crippen LogP contribution in [0.25, 0.3) is 10.8 Å². The van der Waals surface area contributed by atoms with Crippen LogP contribution in [-0.2, 0) is 9.59 Å². The van der Waals surface area contributed by atoms with Crippen LogP contribution in [0.1, 0.15) is 5.56 Å². The van der Waals surface area contributed by atoms with Crippen molar-refractivity contribution in [2.75, 3.05) is 13.1 Å². The molecule has 0 bridgehead atoms. The smallest absolute Gasteiger partial charge is 0.324 e. The maximum atomic E-state index is 10.7. The first-order valence-corrected chi connectivity index (χ1v) is 6.40. The Balaban J connectivity index is 2.36. The van der Waals surface area contributed by atoms with Gasteiger partial charge in [0.1, 0.15) is 18.8 Å². The third-order valence-electron chi connectivity index (χ3n) is 2.93. The molecule has 0 radical (unpaired) electrons. The van der Waals surface area contributed by atoms with Crippen LogP contribution in [0.15, 0.2) is 41.5 Å². The minimum absolute atomic E-state index is 0.0203. The minimum Gasteiger partial charge on any atom is -0.507 e. The summed E-state index contributed by atoms with van der Waals surface area (Å²) in [6, 6.07) is 10.5. The molecule has 0 saturated heterocycles. The van der Waals surface area contributed by atoms with E-state index >= 15 is 0 Å². The number of carboxylic acid groups (broad SMARTS) is 2. The Labute approximate surface area is 125 Å². The molecule has 0 aromatic heterocycles. The quantitative estimate of drug-likeness (QED) is 0.549. The van der Waals surface area contributed by atoms with E-state index in [2.05, 4.69) is 5.10 Å². The maximum Gasteiger partial charge on any atom is 0.324 e. The predicted octanol–water partition coefficient (Wildman–Crippen LogP) is 1.35. The topological polar surface area (TPSA) is 110 Å². The van der Waals surface area contributed by atoms with Crippen LogP contribution in [-0.4, -0.2) is 51.6 Å². The SMILES string of the molecule is O=C(O)CN(CC(=O)O)/N=C\c1c(O)ccc2ccccc12. The number of carboxylic acids is 2. The van der Waals surface area contributed by atoms with Crippen LogP contribution >= 0.6 is 0 Å². The Hall–Kier alpha value is -3.09. The lowest BCUT2D eigenvalue weighted by atomic mass is 10.0. The van der Waals surface area contributed by atoms with E-state index in [9.17, 15) is 14.7 Å². The fourth-order valence-electron chi connectivity index (χ4n) is 2.01. The van der Waals surface area contributed by atoms with Crippen LogP contribution in [0.4, 0.5) is 0 Å². The Morgan fingerprint density at radius 1 is 1.05 bits per heavy atom. The fourth-order valence-corrected chi connectivity index (χ4v) is 2.01. The van der Waals surface area contributed by atoms with Crippen LogP contribution in [0.5, 0.6) is 5.75 Å². The Kier molecular flexibility index (Phi) is 4.57. The molecule has 2 rings (SSSR count). The van der Waals surface area contributed by atoms with Gasteiger partial charge in [-0.05, 0) is 16.8 Å². The van der Waals surface area contributed by atoms with Gasteiger partial charge in [-0.2, -0.15) is 5.10 Å². The molecule has 0 spiro atoms. The molecule has 0 amide bonds. The average Bonchev–Trinajstić information content (AvgIpc) is 2.44. The first-order valence-electron chi connectivity index (χ1n) is 6.40. The van der Waals surface area contributed by atoms with Crippen molar-refractivity contribution in [3.8, 4) is 5.75 Å². The summed E-state index contributed by atoms with van der Waals surface area (Å²) in [7, 11) is 0. The normalized spacial score (nSPS) is 10.9. The molecule has 0 saturated carbocycles. The molecule has 0 atom stereocenters.